The Bertz CT molecular complexity index is 578. The Morgan fingerprint density at radius 1 is 0.400 bits per heavy atom. The quantitative estimate of drug-likeness (QED) is 0.0291. The Kier molecular flexibility index (Phi) is 48.4. The van der Waals surface area contributed by atoms with Crippen LogP contribution in [0.2, 0.25) is 0 Å². The molecule has 0 fully saturated rings. The van der Waals surface area contributed by atoms with Gasteiger partial charge in [0.25, 0.3) is 0 Å². The monoisotopic (exact) mass is 1110 g/mol. The molecule has 264 valence electrons. The number of carboxylic acid groups (broad SMARTS) is 2. The van der Waals surface area contributed by atoms with Crippen LogP contribution in [0.5, 0.6) is 0 Å². The molecule has 9 heteroatoms. The summed E-state index contributed by atoms with van der Waals surface area (Å²) in [5, 5.41) is 20.6. The molecule has 0 amide bonds. The Hall–Kier alpha value is 3.12. The third-order valence-corrected chi connectivity index (χ3v) is 13.1. The van der Waals surface area contributed by atoms with Crippen molar-refractivity contribution in [1.29, 1.82) is 0 Å². The van der Waals surface area contributed by atoms with Gasteiger partial charge in [-0.2, -0.15) is 0 Å². The average molecular weight is 1110 g/mol. The molecule has 0 saturated heterocycles. The molecule has 0 rings (SSSR count). The largest absolute Gasteiger partial charge is 2.00 e. The van der Waals surface area contributed by atoms with Crippen molar-refractivity contribution in [2.24, 2.45) is 0 Å². The van der Waals surface area contributed by atoms with Gasteiger partial charge in [-0.15, -0.1) is 0 Å². The summed E-state index contributed by atoms with van der Waals surface area (Å²) in [6, 6.07) is 0. The van der Waals surface area contributed by atoms with Crippen molar-refractivity contribution in [2.75, 3.05) is 0 Å². The first-order chi connectivity index (χ1) is 21.1. The maximum atomic E-state index is 10.3. The van der Waals surface area contributed by atoms with Crippen LogP contribution in [0.25, 0.3) is 0 Å². The van der Waals surface area contributed by atoms with Crippen LogP contribution in [0.1, 0.15) is 194 Å². The van der Waals surface area contributed by atoms with E-state index >= 15 is 0 Å². The number of carbonyl (C=O) groups excluding carboxylic acids is 2. The summed E-state index contributed by atoms with van der Waals surface area (Å²) >= 11 is 10.5. The van der Waals surface area contributed by atoms with Crippen LogP contribution in [-0.2, 0) is 9.59 Å². The molecular formula is C36H66CaI4O4. The van der Waals surface area contributed by atoms with Gasteiger partial charge < -0.3 is 19.8 Å². The summed E-state index contributed by atoms with van der Waals surface area (Å²) in [6.45, 7) is 4.54. The van der Waals surface area contributed by atoms with Gasteiger partial charge in [0.1, 0.15) is 0 Å². The molecule has 0 aromatic heterocycles. The summed E-state index contributed by atoms with van der Waals surface area (Å²) < 4.78 is 3.34. The molecule has 4 nitrogen and oxygen atoms in total. The first-order valence-corrected chi connectivity index (χ1v) is 23.1. The van der Waals surface area contributed by atoms with E-state index in [1.54, 1.807) is 0 Å². The van der Waals surface area contributed by atoms with E-state index in [2.05, 4.69) is 104 Å². The number of aliphatic carboxylic acids is 2. The zero-order valence-electron chi connectivity index (χ0n) is 29.0. The molecule has 0 aliphatic heterocycles. The van der Waals surface area contributed by atoms with E-state index in [9.17, 15) is 19.8 Å². The van der Waals surface area contributed by atoms with Crippen LogP contribution in [-0.4, -0.2) is 65.4 Å². The molecule has 0 aliphatic carbocycles. The van der Waals surface area contributed by atoms with Gasteiger partial charge in [-0.25, -0.2) is 0 Å². The Morgan fingerprint density at radius 3 is 0.867 bits per heavy atom. The Morgan fingerprint density at radius 2 is 0.622 bits per heavy atom. The normalized spacial score (nSPS) is 13.6. The maximum absolute atomic E-state index is 10.3. The van der Waals surface area contributed by atoms with Crippen molar-refractivity contribution in [3.05, 3.63) is 0 Å². The third-order valence-electron chi connectivity index (χ3n) is 8.12. The summed E-state index contributed by atoms with van der Waals surface area (Å²) in [4.78, 5) is 20.6. The van der Waals surface area contributed by atoms with Crippen molar-refractivity contribution in [3.63, 3.8) is 0 Å². The van der Waals surface area contributed by atoms with Crippen LogP contribution in [0.3, 0.4) is 0 Å². The van der Waals surface area contributed by atoms with Gasteiger partial charge in [0.05, 0.1) is 0 Å². The number of hydrogen-bond donors (Lipinski definition) is 0. The molecule has 0 N–H and O–H groups in total. The van der Waals surface area contributed by atoms with Crippen LogP contribution in [0.4, 0.5) is 0 Å². The standard InChI is InChI=1S/2C18H34I2O2.Ca/c2*1-2-3-4-8-11-16(19)14-15-17(20)12-9-6-5-7-10-13-18(21)22;/h2*16-17H,2-15H2,1H3,(H,21,22);/q;;+2/p-2. The molecule has 0 heterocycles. The number of hydrogen-bond acceptors (Lipinski definition) is 4. The maximum Gasteiger partial charge on any atom is 2.00 e. The third kappa shape index (κ3) is 47.1. The number of carboxylic acids is 2. The second kappa shape index (κ2) is 41.5. The molecule has 0 aromatic carbocycles. The minimum atomic E-state index is -0.907. The van der Waals surface area contributed by atoms with E-state index in [0.717, 1.165) is 41.4 Å². The van der Waals surface area contributed by atoms with Gasteiger partial charge in [0.2, 0.25) is 0 Å². The van der Waals surface area contributed by atoms with E-state index in [0.29, 0.717) is 0 Å². The van der Waals surface area contributed by atoms with Gasteiger partial charge in [-0.1, -0.05) is 207 Å². The molecule has 45 heavy (non-hydrogen) atoms. The fourth-order valence-corrected chi connectivity index (χ4v) is 8.42. The van der Waals surface area contributed by atoms with Crippen molar-refractivity contribution in [3.8, 4) is 0 Å². The minimum absolute atomic E-state index is 0. The zero-order valence-corrected chi connectivity index (χ0v) is 39.8. The van der Waals surface area contributed by atoms with Crippen molar-refractivity contribution in [2.45, 2.75) is 209 Å². The van der Waals surface area contributed by atoms with E-state index < -0.39 is 11.9 Å². The smallest absolute Gasteiger partial charge is 0.550 e. The van der Waals surface area contributed by atoms with Crippen LogP contribution < -0.4 is 10.2 Å². The molecule has 0 aliphatic rings. The average Bonchev–Trinajstić information content (AvgIpc) is 2.98. The fourth-order valence-electron chi connectivity index (χ4n) is 5.22. The van der Waals surface area contributed by atoms with Crippen LogP contribution in [0, 0.1) is 0 Å². The van der Waals surface area contributed by atoms with Crippen molar-refractivity contribution in [1.82, 2.24) is 0 Å². The number of carbonyl (C=O) groups is 2. The fraction of sp³-hybridized carbons (Fsp3) is 0.944. The Balaban J connectivity index is -0.000000767. The topological polar surface area (TPSA) is 80.3 Å². The van der Waals surface area contributed by atoms with E-state index in [1.807, 2.05) is 0 Å². The Labute approximate surface area is 364 Å². The first kappa shape index (κ1) is 52.5. The number of alkyl halides is 4. The molecular weight excluding hydrogens is 1040 g/mol. The summed E-state index contributed by atoms with van der Waals surface area (Å²) in [5.74, 6) is -1.81. The van der Waals surface area contributed by atoms with E-state index in [1.165, 1.54) is 141 Å². The summed E-state index contributed by atoms with van der Waals surface area (Å²) in [5.41, 5.74) is 0. The molecule has 0 radical (unpaired) electrons. The summed E-state index contributed by atoms with van der Waals surface area (Å²) in [7, 11) is 0. The molecule has 0 spiro atoms. The van der Waals surface area contributed by atoms with Gasteiger partial charge in [-0.05, 0) is 77.0 Å². The predicted molar refractivity (Wildman–Crippen MR) is 228 cm³/mol. The van der Waals surface area contributed by atoms with Gasteiger partial charge in [0, 0.05) is 27.6 Å². The first-order valence-electron chi connectivity index (χ1n) is 18.1. The van der Waals surface area contributed by atoms with E-state index in [-0.39, 0.29) is 50.6 Å². The van der Waals surface area contributed by atoms with Crippen LogP contribution >= 0.6 is 90.4 Å². The van der Waals surface area contributed by atoms with Crippen molar-refractivity contribution >= 4 is 140 Å². The van der Waals surface area contributed by atoms with Crippen molar-refractivity contribution < 1.29 is 19.8 Å². The van der Waals surface area contributed by atoms with Gasteiger partial charge in [-0.3, -0.25) is 0 Å². The number of rotatable bonds is 32. The molecule has 0 saturated carbocycles. The van der Waals surface area contributed by atoms with Gasteiger partial charge in [0.15, 0.2) is 0 Å². The predicted octanol–water partition coefficient (Wildman–Crippen LogP) is 11.3. The van der Waals surface area contributed by atoms with Crippen LogP contribution in [0.15, 0.2) is 0 Å². The van der Waals surface area contributed by atoms with E-state index in [4.69, 9.17) is 0 Å². The van der Waals surface area contributed by atoms with Gasteiger partial charge >= 0.3 is 37.7 Å². The number of halogens is 4. The molecule has 4 unspecified atom stereocenters. The molecule has 0 aromatic rings. The molecule has 4 atom stereocenters. The minimum Gasteiger partial charge on any atom is -0.550 e. The second-order valence-corrected chi connectivity index (χ2v) is 19.6. The molecule has 0 bridgehead atoms. The number of unbranched alkanes of at least 4 members (excludes halogenated alkanes) is 14. The zero-order chi connectivity index (χ0) is 33.3. The SMILES string of the molecule is CCCCCCC(I)CCC(I)CCCCCCCC(=O)[O-].CCCCCCC(I)CCC(I)CCCCCCCC(=O)[O-].[Ca+2]. The summed E-state index contributed by atoms with van der Waals surface area (Å²) in [6.07, 6.45) is 33.4. The second-order valence-electron chi connectivity index (χ2n) is 12.6.